The number of amides is 1. The smallest absolute Gasteiger partial charge is 0.303 e. The number of fused-ring (bicyclic) bond motifs is 1. The number of rotatable bonds is 5. The SMILES string of the molecule is Cc1nc2cc(F)cc(N)c2c(=O)n1[C@@H](CCC(=O)O)C(N)=O. The molecule has 0 aliphatic rings. The summed E-state index contributed by atoms with van der Waals surface area (Å²) in [5.74, 6) is -2.52. The number of aromatic nitrogens is 2. The number of primary amides is 1. The van der Waals surface area contributed by atoms with Crippen LogP contribution in [0.4, 0.5) is 10.1 Å². The van der Waals surface area contributed by atoms with E-state index in [0.717, 1.165) is 16.7 Å². The predicted octanol–water partition coefficient (Wildman–Crippen LogP) is 0.317. The molecule has 1 heterocycles. The van der Waals surface area contributed by atoms with Gasteiger partial charge in [0.05, 0.1) is 10.9 Å². The zero-order chi connectivity index (χ0) is 17.3. The second-order valence-electron chi connectivity index (χ2n) is 5.07. The van der Waals surface area contributed by atoms with E-state index < -0.39 is 29.3 Å². The van der Waals surface area contributed by atoms with Gasteiger partial charge in [-0.05, 0) is 19.4 Å². The van der Waals surface area contributed by atoms with Gasteiger partial charge in [-0.25, -0.2) is 9.37 Å². The molecular weight excluding hydrogens is 307 g/mol. The number of benzene rings is 1. The second-order valence-corrected chi connectivity index (χ2v) is 5.07. The zero-order valence-electron chi connectivity index (χ0n) is 12.2. The summed E-state index contributed by atoms with van der Waals surface area (Å²) in [4.78, 5) is 39.1. The number of carboxylic acid groups (broad SMARTS) is 1. The van der Waals surface area contributed by atoms with Gasteiger partial charge in [-0.15, -0.1) is 0 Å². The van der Waals surface area contributed by atoms with Gasteiger partial charge in [0.2, 0.25) is 5.91 Å². The number of hydrogen-bond acceptors (Lipinski definition) is 5. The Bertz CT molecular complexity index is 862. The van der Waals surface area contributed by atoms with Gasteiger partial charge in [-0.2, -0.15) is 0 Å². The number of anilines is 1. The molecule has 0 saturated carbocycles. The Balaban J connectivity index is 2.70. The fraction of sp³-hybridized carbons (Fsp3) is 0.286. The summed E-state index contributed by atoms with van der Waals surface area (Å²) < 4.78 is 14.4. The van der Waals surface area contributed by atoms with E-state index in [9.17, 15) is 18.8 Å². The van der Waals surface area contributed by atoms with E-state index in [4.69, 9.17) is 16.6 Å². The van der Waals surface area contributed by atoms with Crippen molar-refractivity contribution in [1.29, 1.82) is 0 Å². The Labute approximate surface area is 129 Å². The highest BCUT2D eigenvalue weighted by Crippen LogP contribution is 2.21. The molecule has 5 N–H and O–H groups in total. The molecule has 122 valence electrons. The first-order valence-corrected chi connectivity index (χ1v) is 6.71. The summed E-state index contributed by atoms with van der Waals surface area (Å²) in [7, 11) is 0. The Morgan fingerprint density at radius 1 is 1.43 bits per heavy atom. The summed E-state index contributed by atoms with van der Waals surface area (Å²) in [6.45, 7) is 1.44. The van der Waals surface area contributed by atoms with Crippen molar-refractivity contribution in [3.8, 4) is 0 Å². The number of nitrogens with two attached hydrogens (primary N) is 2. The third kappa shape index (κ3) is 3.12. The summed E-state index contributed by atoms with van der Waals surface area (Å²) in [5, 5.41) is 8.72. The molecule has 2 aromatic rings. The lowest BCUT2D eigenvalue weighted by atomic mass is 10.1. The summed E-state index contributed by atoms with van der Waals surface area (Å²) in [6, 6.07) is 0.850. The van der Waals surface area contributed by atoms with E-state index in [0.29, 0.717) is 0 Å². The molecule has 8 nitrogen and oxygen atoms in total. The minimum atomic E-state index is -1.18. The van der Waals surface area contributed by atoms with E-state index in [1.54, 1.807) is 0 Å². The van der Waals surface area contributed by atoms with E-state index in [1.807, 2.05) is 0 Å². The highest BCUT2D eigenvalue weighted by Gasteiger charge is 2.24. The van der Waals surface area contributed by atoms with Gasteiger partial charge < -0.3 is 16.6 Å². The van der Waals surface area contributed by atoms with Crippen molar-refractivity contribution in [2.24, 2.45) is 5.73 Å². The van der Waals surface area contributed by atoms with Gasteiger partial charge in [-0.1, -0.05) is 0 Å². The molecule has 2 rings (SSSR count). The molecule has 0 radical (unpaired) electrons. The number of nitrogen functional groups attached to an aromatic ring is 1. The van der Waals surface area contributed by atoms with Gasteiger partial charge >= 0.3 is 5.97 Å². The second kappa shape index (κ2) is 6.03. The third-order valence-electron chi connectivity index (χ3n) is 3.45. The molecule has 1 aromatic carbocycles. The highest BCUT2D eigenvalue weighted by molar-refractivity contribution is 5.90. The Hall–Kier alpha value is -2.97. The number of halogens is 1. The van der Waals surface area contributed by atoms with Crippen LogP contribution in [0, 0.1) is 12.7 Å². The Kier molecular flexibility index (Phi) is 4.30. The monoisotopic (exact) mass is 322 g/mol. The maximum Gasteiger partial charge on any atom is 0.303 e. The van der Waals surface area contributed by atoms with Crippen molar-refractivity contribution in [1.82, 2.24) is 9.55 Å². The molecule has 1 aromatic heterocycles. The minimum Gasteiger partial charge on any atom is -0.481 e. The van der Waals surface area contributed by atoms with Crippen LogP contribution in [0.25, 0.3) is 10.9 Å². The van der Waals surface area contributed by atoms with Crippen molar-refractivity contribution < 1.29 is 19.1 Å². The first-order chi connectivity index (χ1) is 10.7. The van der Waals surface area contributed by atoms with Crippen LogP contribution in [0.2, 0.25) is 0 Å². The molecule has 0 fully saturated rings. The van der Waals surface area contributed by atoms with Crippen molar-refractivity contribution in [3.63, 3.8) is 0 Å². The quantitative estimate of drug-likeness (QED) is 0.677. The van der Waals surface area contributed by atoms with Crippen molar-refractivity contribution in [3.05, 3.63) is 34.1 Å². The summed E-state index contributed by atoms with van der Waals surface area (Å²) in [6.07, 6.45) is -0.518. The van der Waals surface area contributed by atoms with E-state index in [1.165, 1.54) is 6.92 Å². The van der Waals surface area contributed by atoms with Crippen LogP contribution in [0.15, 0.2) is 16.9 Å². The molecule has 1 amide bonds. The molecule has 23 heavy (non-hydrogen) atoms. The molecular formula is C14H15FN4O4. The maximum absolute atomic E-state index is 13.4. The van der Waals surface area contributed by atoms with Crippen molar-refractivity contribution in [2.75, 3.05) is 5.73 Å². The zero-order valence-corrected chi connectivity index (χ0v) is 12.2. The van der Waals surface area contributed by atoms with Gasteiger partial charge in [0.25, 0.3) is 5.56 Å². The maximum atomic E-state index is 13.4. The van der Waals surface area contributed by atoms with Crippen LogP contribution >= 0.6 is 0 Å². The number of nitrogens with zero attached hydrogens (tertiary/aromatic N) is 2. The van der Waals surface area contributed by atoms with Crippen molar-refractivity contribution >= 4 is 28.5 Å². The van der Waals surface area contributed by atoms with E-state index in [-0.39, 0.29) is 35.3 Å². The number of carboxylic acids is 1. The van der Waals surface area contributed by atoms with Crippen LogP contribution in [-0.4, -0.2) is 26.5 Å². The van der Waals surface area contributed by atoms with E-state index >= 15 is 0 Å². The van der Waals surface area contributed by atoms with Gasteiger partial charge in [0.1, 0.15) is 17.7 Å². The van der Waals surface area contributed by atoms with E-state index in [2.05, 4.69) is 4.98 Å². The molecule has 0 saturated heterocycles. The first kappa shape index (κ1) is 16.4. The highest BCUT2D eigenvalue weighted by atomic mass is 19.1. The van der Waals surface area contributed by atoms with Crippen molar-refractivity contribution in [2.45, 2.75) is 25.8 Å². The predicted molar refractivity (Wildman–Crippen MR) is 80.2 cm³/mol. The van der Waals surface area contributed by atoms with Gasteiger partial charge in [0.15, 0.2) is 0 Å². The lowest BCUT2D eigenvalue weighted by Gasteiger charge is -2.19. The normalized spacial score (nSPS) is 12.3. The lowest BCUT2D eigenvalue weighted by Crippen LogP contribution is -2.36. The van der Waals surface area contributed by atoms with Crippen LogP contribution in [-0.2, 0) is 9.59 Å². The van der Waals surface area contributed by atoms with Gasteiger partial charge in [0, 0.05) is 18.2 Å². The number of aryl methyl sites for hydroxylation is 1. The molecule has 0 unspecified atom stereocenters. The van der Waals surface area contributed by atoms with Gasteiger partial charge in [-0.3, -0.25) is 19.0 Å². The lowest BCUT2D eigenvalue weighted by molar-refractivity contribution is -0.137. The Morgan fingerprint density at radius 2 is 2.09 bits per heavy atom. The van der Waals surface area contributed by atoms with Crippen LogP contribution in [0.5, 0.6) is 0 Å². The van der Waals surface area contributed by atoms with Crippen LogP contribution < -0.4 is 17.0 Å². The molecule has 0 spiro atoms. The summed E-state index contributed by atoms with van der Waals surface area (Å²) in [5.41, 5.74) is 10.2. The minimum absolute atomic E-state index is 0.0430. The molecule has 9 heteroatoms. The average molecular weight is 322 g/mol. The number of carbonyl (C=O) groups excluding carboxylic acids is 1. The average Bonchev–Trinajstić information content (AvgIpc) is 2.40. The standard InChI is InChI=1S/C14H15FN4O4/c1-6-18-9-5-7(15)4-8(16)12(9)14(23)19(6)10(13(17)22)2-3-11(20)21/h4-5,10H,2-3,16H2,1H3,(H2,17,22)(H,20,21)/t10-/m0/s1. The fourth-order valence-electron chi connectivity index (χ4n) is 2.46. The Morgan fingerprint density at radius 3 is 2.65 bits per heavy atom. The fourth-order valence-corrected chi connectivity index (χ4v) is 2.46. The number of carbonyl (C=O) groups is 2. The number of aliphatic carboxylic acids is 1. The largest absolute Gasteiger partial charge is 0.481 e. The topological polar surface area (TPSA) is 141 Å². The molecule has 1 atom stereocenters. The molecule has 0 bridgehead atoms. The first-order valence-electron chi connectivity index (χ1n) is 6.71. The number of hydrogen-bond donors (Lipinski definition) is 3. The van der Waals surface area contributed by atoms with Crippen LogP contribution in [0.3, 0.4) is 0 Å². The molecule has 0 aliphatic carbocycles. The summed E-state index contributed by atoms with van der Waals surface area (Å²) >= 11 is 0. The molecule has 0 aliphatic heterocycles. The third-order valence-corrected chi connectivity index (χ3v) is 3.45. The van der Waals surface area contributed by atoms with Crippen LogP contribution in [0.1, 0.15) is 24.7 Å².